The van der Waals surface area contributed by atoms with E-state index in [1.807, 2.05) is 30.3 Å². The number of carbonyl (C=O) groups is 1. The average Bonchev–Trinajstić information content (AvgIpc) is 2.74. The second-order valence-electron chi connectivity index (χ2n) is 7.59. The maximum Gasteiger partial charge on any atom is 0.262 e. The summed E-state index contributed by atoms with van der Waals surface area (Å²) in [7, 11) is 2.14. The lowest BCUT2D eigenvalue weighted by molar-refractivity contribution is -0.118. The van der Waals surface area contributed by atoms with Crippen molar-refractivity contribution in [3.8, 4) is 5.75 Å². The van der Waals surface area contributed by atoms with Crippen LogP contribution in [-0.2, 0) is 4.79 Å². The van der Waals surface area contributed by atoms with Crippen molar-refractivity contribution >= 4 is 39.9 Å². The predicted molar refractivity (Wildman–Crippen MR) is 122 cm³/mol. The number of nitrogens with zero attached hydrogens (tertiary/aromatic N) is 3. The van der Waals surface area contributed by atoms with Gasteiger partial charge in [0.25, 0.3) is 5.91 Å². The number of aryl methyl sites for hydroxylation is 1. The fourth-order valence-electron chi connectivity index (χ4n) is 3.55. The van der Waals surface area contributed by atoms with Gasteiger partial charge in [-0.25, -0.2) is 4.98 Å². The monoisotopic (exact) mass is 424 g/mol. The number of likely N-dealkylation sites (N-methyl/N-ethyl adjacent to an activating group) is 1. The summed E-state index contributed by atoms with van der Waals surface area (Å²) < 4.78 is 5.51. The normalized spacial score (nSPS) is 14.7. The molecule has 0 aliphatic carbocycles. The molecule has 0 bridgehead atoms. The molecule has 2 heterocycles. The van der Waals surface area contributed by atoms with E-state index in [2.05, 4.69) is 35.2 Å². The highest BCUT2D eigenvalue weighted by Crippen LogP contribution is 2.26. The van der Waals surface area contributed by atoms with Gasteiger partial charge in [0.05, 0.1) is 10.5 Å². The average molecular weight is 425 g/mol. The van der Waals surface area contributed by atoms with E-state index in [1.165, 1.54) is 0 Å². The zero-order valence-corrected chi connectivity index (χ0v) is 17.9. The van der Waals surface area contributed by atoms with E-state index in [0.717, 1.165) is 48.5 Å². The first-order valence-corrected chi connectivity index (χ1v) is 10.4. The molecule has 1 amide bonds. The zero-order valence-electron chi connectivity index (χ0n) is 17.2. The molecule has 156 valence electrons. The Hall–Kier alpha value is -2.83. The van der Waals surface area contributed by atoms with Crippen LogP contribution in [0.1, 0.15) is 5.56 Å². The summed E-state index contributed by atoms with van der Waals surface area (Å²) in [5, 5.41) is 4.39. The Labute approximate surface area is 181 Å². The van der Waals surface area contributed by atoms with Crippen molar-refractivity contribution in [2.24, 2.45) is 0 Å². The van der Waals surface area contributed by atoms with Gasteiger partial charge in [-0.3, -0.25) is 4.79 Å². The molecule has 1 aliphatic heterocycles. The van der Waals surface area contributed by atoms with Crippen molar-refractivity contribution in [3.63, 3.8) is 0 Å². The number of carbonyl (C=O) groups excluding carboxylic acids is 1. The lowest BCUT2D eigenvalue weighted by Crippen LogP contribution is -2.44. The first-order valence-electron chi connectivity index (χ1n) is 10.0. The lowest BCUT2D eigenvalue weighted by Gasteiger charge is -2.33. The lowest BCUT2D eigenvalue weighted by atomic mass is 10.1. The van der Waals surface area contributed by atoms with Crippen LogP contribution < -0.4 is 15.0 Å². The van der Waals surface area contributed by atoms with Crippen molar-refractivity contribution in [2.75, 3.05) is 50.1 Å². The summed E-state index contributed by atoms with van der Waals surface area (Å²) in [6.45, 7) is 6.01. The largest absolute Gasteiger partial charge is 0.482 e. The van der Waals surface area contributed by atoms with E-state index in [9.17, 15) is 4.79 Å². The second kappa shape index (κ2) is 8.90. The van der Waals surface area contributed by atoms with Gasteiger partial charge in [-0.2, -0.15) is 0 Å². The molecule has 6 nitrogen and oxygen atoms in total. The van der Waals surface area contributed by atoms with E-state index in [4.69, 9.17) is 21.3 Å². The number of anilines is 2. The topological polar surface area (TPSA) is 57.7 Å². The number of aromatic nitrogens is 1. The number of amides is 1. The van der Waals surface area contributed by atoms with Crippen LogP contribution in [0.25, 0.3) is 10.9 Å². The van der Waals surface area contributed by atoms with Crippen molar-refractivity contribution in [2.45, 2.75) is 6.92 Å². The van der Waals surface area contributed by atoms with Crippen LogP contribution in [-0.4, -0.2) is 55.6 Å². The number of para-hydroxylation sites is 1. The minimum absolute atomic E-state index is 0.110. The number of rotatable bonds is 5. The van der Waals surface area contributed by atoms with Crippen LogP contribution in [0.5, 0.6) is 5.75 Å². The number of hydrogen-bond donors (Lipinski definition) is 1. The molecule has 3 aromatic rings. The summed E-state index contributed by atoms with van der Waals surface area (Å²) in [6.07, 6.45) is 0. The summed E-state index contributed by atoms with van der Waals surface area (Å²) in [5.74, 6) is 1.26. The van der Waals surface area contributed by atoms with Gasteiger partial charge < -0.3 is 19.9 Å². The Morgan fingerprint density at radius 1 is 1.13 bits per heavy atom. The standard InChI is InChI=1S/C23H25ClN4O2/c1-16-13-22(28-11-9-27(2)10-12-28)26-20-8-7-17(14-18(16)20)25-23(29)15-30-21-6-4-3-5-19(21)24/h3-8,13-14H,9-12,15H2,1-2H3,(H,25,29). The third kappa shape index (κ3) is 4.66. The summed E-state index contributed by atoms with van der Waals surface area (Å²) in [5.41, 5.74) is 2.78. The van der Waals surface area contributed by atoms with Crippen LogP contribution in [0.15, 0.2) is 48.5 Å². The van der Waals surface area contributed by atoms with Crippen LogP contribution in [0, 0.1) is 6.92 Å². The Balaban J connectivity index is 1.45. The molecule has 1 aliphatic rings. The Kier molecular flexibility index (Phi) is 6.06. The maximum absolute atomic E-state index is 12.3. The molecule has 1 saturated heterocycles. The summed E-state index contributed by atoms with van der Waals surface area (Å²) in [6, 6.07) is 15.0. The van der Waals surface area contributed by atoms with Crippen molar-refractivity contribution in [3.05, 3.63) is 59.1 Å². The number of benzene rings is 2. The number of piperazine rings is 1. The van der Waals surface area contributed by atoms with Gasteiger partial charge in [0, 0.05) is 37.3 Å². The minimum Gasteiger partial charge on any atom is -0.482 e. The number of ether oxygens (including phenoxy) is 1. The fraction of sp³-hybridized carbons (Fsp3) is 0.304. The SMILES string of the molecule is Cc1cc(N2CCN(C)CC2)nc2ccc(NC(=O)COc3ccccc3Cl)cc12. The van der Waals surface area contributed by atoms with Crippen LogP contribution in [0.3, 0.4) is 0 Å². The quantitative estimate of drug-likeness (QED) is 0.671. The highest BCUT2D eigenvalue weighted by Gasteiger charge is 2.16. The zero-order chi connectivity index (χ0) is 21.1. The van der Waals surface area contributed by atoms with Crippen molar-refractivity contribution < 1.29 is 9.53 Å². The van der Waals surface area contributed by atoms with E-state index in [-0.39, 0.29) is 12.5 Å². The molecule has 1 fully saturated rings. The maximum atomic E-state index is 12.3. The van der Waals surface area contributed by atoms with Crippen LogP contribution in [0.2, 0.25) is 5.02 Å². The fourth-order valence-corrected chi connectivity index (χ4v) is 3.74. The molecule has 0 saturated carbocycles. The Bertz CT molecular complexity index is 1060. The summed E-state index contributed by atoms with van der Waals surface area (Å²) in [4.78, 5) is 21.8. The van der Waals surface area contributed by atoms with Gasteiger partial charge in [0.1, 0.15) is 11.6 Å². The Morgan fingerprint density at radius 2 is 1.90 bits per heavy atom. The van der Waals surface area contributed by atoms with Crippen LogP contribution >= 0.6 is 11.6 Å². The van der Waals surface area contributed by atoms with Crippen molar-refractivity contribution in [1.29, 1.82) is 0 Å². The number of nitrogens with one attached hydrogen (secondary N) is 1. The first-order chi connectivity index (χ1) is 14.5. The number of hydrogen-bond acceptors (Lipinski definition) is 5. The Morgan fingerprint density at radius 3 is 2.67 bits per heavy atom. The van der Waals surface area contributed by atoms with E-state index in [0.29, 0.717) is 16.5 Å². The number of pyridine rings is 1. The molecule has 0 atom stereocenters. The molecular weight excluding hydrogens is 400 g/mol. The number of halogens is 1. The molecule has 1 N–H and O–H groups in total. The molecule has 0 unspecified atom stereocenters. The molecule has 30 heavy (non-hydrogen) atoms. The smallest absolute Gasteiger partial charge is 0.262 e. The molecule has 0 radical (unpaired) electrons. The van der Waals surface area contributed by atoms with Gasteiger partial charge in [0.15, 0.2) is 6.61 Å². The predicted octanol–water partition coefficient (Wildman–Crippen LogP) is 3.97. The van der Waals surface area contributed by atoms with E-state index < -0.39 is 0 Å². The third-order valence-electron chi connectivity index (χ3n) is 5.31. The molecular formula is C23H25ClN4O2. The van der Waals surface area contributed by atoms with Gasteiger partial charge in [-0.05, 0) is 55.9 Å². The highest BCUT2D eigenvalue weighted by molar-refractivity contribution is 6.32. The molecule has 2 aromatic carbocycles. The summed E-state index contributed by atoms with van der Waals surface area (Å²) >= 11 is 6.06. The van der Waals surface area contributed by atoms with E-state index >= 15 is 0 Å². The van der Waals surface area contributed by atoms with Crippen molar-refractivity contribution in [1.82, 2.24) is 9.88 Å². The molecule has 7 heteroatoms. The first kappa shape index (κ1) is 20.4. The third-order valence-corrected chi connectivity index (χ3v) is 5.62. The van der Waals surface area contributed by atoms with Gasteiger partial charge in [0.2, 0.25) is 0 Å². The second-order valence-corrected chi connectivity index (χ2v) is 7.99. The van der Waals surface area contributed by atoms with E-state index in [1.54, 1.807) is 12.1 Å². The number of fused-ring (bicyclic) bond motifs is 1. The molecule has 1 aromatic heterocycles. The van der Waals surface area contributed by atoms with Crippen LogP contribution in [0.4, 0.5) is 11.5 Å². The molecule has 0 spiro atoms. The highest BCUT2D eigenvalue weighted by atomic mass is 35.5. The minimum atomic E-state index is -0.242. The molecule has 4 rings (SSSR count). The van der Waals surface area contributed by atoms with Gasteiger partial charge in [-0.1, -0.05) is 23.7 Å². The van der Waals surface area contributed by atoms with Gasteiger partial charge >= 0.3 is 0 Å². The van der Waals surface area contributed by atoms with Gasteiger partial charge in [-0.15, -0.1) is 0 Å².